The number of carbonyl (C=O) groups excluding carboxylic acids is 3. The van der Waals surface area contributed by atoms with Crippen LogP contribution in [0.2, 0.25) is 0 Å². The minimum absolute atomic E-state index is 0.00995. The lowest BCUT2D eigenvalue weighted by Gasteiger charge is -2.32. The number of aromatic nitrogens is 4. The van der Waals surface area contributed by atoms with Crippen molar-refractivity contribution in [1.82, 2.24) is 25.3 Å². The number of ether oxygens (including phenoxy) is 1. The lowest BCUT2D eigenvalue weighted by atomic mass is 9.76. The summed E-state index contributed by atoms with van der Waals surface area (Å²) in [5.74, 6) is 0.203. The Morgan fingerprint density at radius 3 is 2.69 bits per heavy atom. The fraction of sp³-hybridized carbons (Fsp3) is 0.600. The predicted octanol–water partition coefficient (Wildman–Crippen LogP) is 2.26. The van der Waals surface area contributed by atoms with Crippen LogP contribution in [0, 0.1) is 11.8 Å². The van der Waals surface area contributed by atoms with Gasteiger partial charge in [-0.2, -0.15) is 0 Å². The van der Waals surface area contributed by atoms with E-state index in [1.807, 2.05) is 6.92 Å². The van der Waals surface area contributed by atoms with E-state index in [4.69, 9.17) is 4.74 Å². The first-order valence-electron chi connectivity index (χ1n) is 12.8. The fourth-order valence-corrected chi connectivity index (χ4v) is 5.69. The summed E-state index contributed by atoms with van der Waals surface area (Å²) < 4.78 is 6.96. The quantitative estimate of drug-likeness (QED) is 0.558. The number of rotatable bonds is 6. The molecule has 2 aromatic heterocycles. The zero-order valence-corrected chi connectivity index (χ0v) is 20.7. The highest BCUT2D eigenvalue weighted by atomic mass is 16.5. The largest absolute Gasteiger partial charge is 0.381 e. The van der Waals surface area contributed by atoms with Crippen LogP contribution in [0.25, 0.3) is 0 Å². The van der Waals surface area contributed by atoms with Gasteiger partial charge in [0.1, 0.15) is 17.6 Å². The van der Waals surface area contributed by atoms with Crippen molar-refractivity contribution in [3.8, 4) is 0 Å². The van der Waals surface area contributed by atoms with Crippen molar-refractivity contribution in [1.29, 1.82) is 0 Å². The molecule has 11 heteroatoms. The van der Waals surface area contributed by atoms with Gasteiger partial charge < -0.3 is 20.7 Å². The van der Waals surface area contributed by atoms with Crippen molar-refractivity contribution in [3.63, 3.8) is 0 Å². The van der Waals surface area contributed by atoms with E-state index in [1.165, 1.54) is 10.9 Å². The van der Waals surface area contributed by atoms with E-state index in [9.17, 15) is 14.4 Å². The van der Waals surface area contributed by atoms with Crippen molar-refractivity contribution in [3.05, 3.63) is 29.7 Å². The first-order chi connectivity index (χ1) is 17.4. The van der Waals surface area contributed by atoms with Gasteiger partial charge in [0.2, 0.25) is 11.8 Å². The summed E-state index contributed by atoms with van der Waals surface area (Å²) in [4.78, 5) is 43.9. The molecule has 36 heavy (non-hydrogen) atoms. The van der Waals surface area contributed by atoms with Gasteiger partial charge in [0.25, 0.3) is 5.91 Å². The summed E-state index contributed by atoms with van der Waals surface area (Å²) in [5, 5.41) is 16.5. The summed E-state index contributed by atoms with van der Waals surface area (Å²) in [5.41, 5.74) is 1.21. The molecule has 1 saturated heterocycles. The summed E-state index contributed by atoms with van der Waals surface area (Å²) in [7, 11) is 0. The predicted molar refractivity (Wildman–Crippen MR) is 131 cm³/mol. The van der Waals surface area contributed by atoms with Crippen LogP contribution in [0.15, 0.2) is 18.5 Å². The number of pyridine rings is 1. The van der Waals surface area contributed by atoms with Gasteiger partial charge in [-0.15, -0.1) is 5.10 Å². The number of nitrogens with zero attached hydrogens (tertiary/aromatic N) is 4. The second kappa shape index (κ2) is 9.96. The second-order valence-electron chi connectivity index (χ2n) is 10.2. The molecule has 2 fully saturated rings. The first-order valence-corrected chi connectivity index (χ1v) is 12.8. The molecular formula is C25H33N7O4. The zero-order chi connectivity index (χ0) is 25.3. The summed E-state index contributed by atoms with van der Waals surface area (Å²) >= 11 is 0. The fourth-order valence-electron chi connectivity index (χ4n) is 5.69. The molecule has 11 nitrogen and oxygen atoms in total. The van der Waals surface area contributed by atoms with Gasteiger partial charge in [-0.05, 0) is 44.4 Å². The summed E-state index contributed by atoms with van der Waals surface area (Å²) in [6, 6.07) is 0.976. The Bertz CT molecular complexity index is 1150. The van der Waals surface area contributed by atoms with Crippen molar-refractivity contribution in [2.75, 3.05) is 23.8 Å². The Hall–Kier alpha value is -3.34. The minimum Gasteiger partial charge on any atom is -0.381 e. The molecule has 0 aromatic carbocycles. The maximum atomic E-state index is 13.5. The average Bonchev–Trinajstić information content (AvgIpc) is 3.46. The van der Waals surface area contributed by atoms with Gasteiger partial charge in [0, 0.05) is 37.6 Å². The van der Waals surface area contributed by atoms with Crippen LogP contribution in [-0.4, -0.2) is 57.0 Å². The van der Waals surface area contributed by atoms with Crippen LogP contribution in [0.5, 0.6) is 0 Å². The van der Waals surface area contributed by atoms with Crippen LogP contribution in [-0.2, 0) is 26.3 Å². The van der Waals surface area contributed by atoms with Crippen LogP contribution >= 0.6 is 0 Å². The molecule has 1 saturated carbocycles. The van der Waals surface area contributed by atoms with Gasteiger partial charge in [0.15, 0.2) is 0 Å². The van der Waals surface area contributed by atoms with Crippen LogP contribution in [0.4, 0.5) is 11.5 Å². The highest BCUT2D eigenvalue weighted by molar-refractivity contribution is 6.07. The van der Waals surface area contributed by atoms with Crippen molar-refractivity contribution < 1.29 is 19.1 Å². The van der Waals surface area contributed by atoms with Crippen LogP contribution in [0.1, 0.15) is 68.4 Å². The Kier molecular flexibility index (Phi) is 6.74. The smallest absolute Gasteiger partial charge is 0.271 e. The average molecular weight is 496 g/mol. The Morgan fingerprint density at radius 2 is 1.97 bits per heavy atom. The SMILES string of the molecule is CCn1nncc1C(=O)NC(C(=O)Nc1cc2c(cn1)C1(CCOCC1)C(=O)N2)C1CCC(C)CC1. The molecule has 5 rings (SSSR count). The molecule has 1 atom stereocenters. The Morgan fingerprint density at radius 1 is 1.22 bits per heavy atom. The van der Waals surface area contributed by atoms with E-state index in [-0.39, 0.29) is 23.6 Å². The number of amides is 3. The number of carbonyl (C=O) groups is 3. The third-order valence-corrected chi connectivity index (χ3v) is 7.95. The third kappa shape index (κ3) is 4.47. The Balaban J connectivity index is 1.35. The monoisotopic (exact) mass is 495 g/mol. The molecule has 0 radical (unpaired) electrons. The van der Waals surface area contributed by atoms with E-state index in [2.05, 4.69) is 38.2 Å². The zero-order valence-electron chi connectivity index (χ0n) is 20.7. The number of hydrogen-bond acceptors (Lipinski definition) is 7. The third-order valence-electron chi connectivity index (χ3n) is 7.95. The van der Waals surface area contributed by atoms with Gasteiger partial charge in [0.05, 0.1) is 17.3 Å². The van der Waals surface area contributed by atoms with Crippen molar-refractivity contribution >= 4 is 29.2 Å². The lowest BCUT2D eigenvalue weighted by Crippen LogP contribution is -2.49. The number of anilines is 2. The Labute approximate surface area is 209 Å². The molecule has 1 unspecified atom stereocenters. The van der Waals surface area contributed by atoms with E-state index < -0.39 is 11.5 Å². The van der Waals surface area contributed by atoms with Crippen molar-refractivity contribution in [2.45, 2.75) is 70.4 Å². The molecule has 1 spiro atoms. The minimum atomic E-state index is -0.725. The van der Waals surface area contributed by atoms with Gasteiger partial charge >= 0.3 is 0 Å². The molecule has 4 heterocycles. The molecule has 0 bridgehead atoms. The standard InChI is InChI=1S/C25H33N7O4/c1-3-32-19(14-27-31-32)22(33)30-21(16-6-4-15(2)5-7-16)23(34)29-20-12-18-17(13-26-20)25(24(35)28-18)8-10-36-11-9-25/h12-16,21H,3-11H2,1-2H3,(H,28,35)(H,30,33)(H,26,29,34). The van der Waals surface area contributed by atoms with Crippen LogP contribution in [0.3, 0.4) is 0 Å². The molecule has 2 aliphatic heterocycles. The molecule has 2 aromatic rings. The maximum Gasteiger partial charge on any atom is 0.271 e. The lowest BCUT2D eigenvalue weighted by molar-refractivity contribution is -0.124. The van der Waals surface area contributed by atoms with E-state index >= 15 is 0 Å². The van der Waals surface area contributed by atoms with E-state index in [0.717, 1.165) is 31.2 Å². The van der Waals surface area contributed by atoms with Crippen LogP contribution < -0.4 is 16.0 Å². The van der Waals surface area contributed by atoms with Gasteiger partial charge in [-0.1, -0.05) is 25.0 Å². The highest BCUT2D eigenvalue weighted by Crippen LogP contribution is 2.44. The summed E-state index contributed by atoms with van der Waals surface area (Å²) in [6.07, 6.45) is 8.02. The van der Waals surface area contributed by atoms with Gasteiger partial charge in [-0.3, -0.25) is 14.4 Å². The molecule has 192 valence electrons. The number of fused-ring (bicyclic) bond motifs is 2. The normalized spacial score (nSPS) is 23.6. The topological polar surface area (TPSA) is 140 Å². The molecular weight excluding hydrogens is 462 g/mol. The van der Waals surface area contributed by atoms with Crippen molar-refractivity contribution in [2.24, 2.45) is 11.8 Å². The second-order valence-corrected chi connectivity index (χ2v) is 10.2. The highest BCUT2D eigenvalue weighted by Gasteiger charge is 2.48. The molecule has 1 aliphatic carbocycles. The molecule has 3 N–H and O–H groups in total. The number of hydrogen-bond donors (Lipinski definition) is 3. The number of aryl methyl sites for hydroxylation is 1. The van der Waals surface area contributed by atoms with E-state index in [1.54, 1.807) is 12.3 Å². The first kappa shape index (κ1) is 24.4. The molecule has 3 aliphatic rings. The number of nitrogens with one attached hydrogen (secondary N) is 3. The summed E-state index contributed by atoms with van der Waals surface area (Å²) in [6.45, 7) is 5.64. The molecule has 3 amide bonds. The van der Waals surface area contributed by atoms with Gasteiger partial charge in [-0.25, -0.2) is 9.67 Å². The van der Waals surface area contributed by atoms with E-state index in [0.29, 0.717) is 55.7 Å². The maximum absolute atomic E-state index is 13.5.